The molecule has 1 aromatic carbocycles. The molecule has 1 N–H and O–H groups in total. The molecule has 1 aromatic rings. The zero-order chi connectivity index (χ0) is 12.2. The number of sulfone groups is 1. The Morgan fingerprint density at radius 2 is 2.06 bits per heavy atom. The van der Waals surface area contributed by atoms with Crippen LogP contribution in [0.5, 0.6) is 0 Å². The molecule has 5 heteroatoms. The quantitative estimate of drug-likeness (QED) is 0.857. The lowest BCUT2D eigenvalue weighted by molar-refractivity contribution is 0.575. The van der Waals surface area contributed by atoms with Crippen molar-refractivity contribution in [3.05, 3.63) is 30.1 Å². The van der Waals surface area contributed by atoms with Gasteiger partial charge in [-0.3, -0.25) is 0 Å². The van der Waals surface area contributed by atoms with E-state index in [0.29, 0.717) is 6.54 Å². The van der Waals surface area contributed by atoms with E-state index in [0.717, 1.165) is 6.07 Å². The summed E-state index contributed by atoms with van der Waals surface area (Å²) in [6.07, 6.45) is 0. The van der Waals surface area contributed by atoms with Gasteiger partial charge in [-0.2, -0.15) is 0 Å². The van der Waals surface area contributed by atoms with E-state index in [1.165, 1.54) is 18.2 Å². The molecule has 0 saturated carbocycles. The van der Waals surface area contributed by atoms with Gasteiger partial charge in [0.25, 0.3) is 0 Å². The molecular formula is C11H16FNO2S. The molecule has 0 heterocycles. The summed E-state index contributed by atoms with van der Waals surface area (Å²) in [5.74, 6) is -0.549. The van der Waals surface area contributed by atoms with Crippen LogP contribution in [0.2, 0.25) is 0 Å². The van der Waals surface area contributed by atoms with E-state index in [1.807, 2.05) is 13.8 Å². The van der Waals surface area contributed by atoms with Gasteiger partial charge >= 0.3 is 0 Å². The summed E-state index contributed by atoms with van der Waals surface area (Å²) in [5.41, 5.74) is 0. The number of benzene rings is 1. The Bertz CT molecular complexity index is 443. The lowest BCUT2D eigenvalue weighted by Gasteiger charge is -2.08. The molecule has 3 nitrogen and oxygen atoms in total. The largest absolute Gasteiger partial charge is 0.314 e. The van der Waals surface area contributed by atoms with Crippen molar-refractivity contribution in [2.45, 2.75) is 24.8 Å². The smallest absolute Gasteiger partial charge is 0.179 e. The molecule has 0 unspecified atom stereocenters. The Balaban J connectivity index is 2.71. The van der Waals surface area contributed by atoms with Crippen LogP contribution in [0.15, 0.2) is 29.2 Å². The number of rotatable bonds is 5. The van der Waals surface area contributed by atoms with Gasteiger partial charge in [0.15, 0.2) is 9.84 Å². The first kappa shape index (κ1) is 13.1. The fraction of sp³-hybridized carbons (Fsp3) is 0.455. The standard InChI is InChI=1S/C11H16FNO2S/c1-9(2)13-6-7-16(14,15)11-5-3-4-10(12)8-11/h3-5,8-9,13H,6-7H2,1-2H3. The molecule has 0 atom stereocenters. The summed E-state index contributed by atoms with van der Waals surface area (Å²) in [6, 6.07) is 5.32. The van der Waals surface area contributed by atoms with Gasteiger partial charge in [0, 0.05) is 12.6 Å². The summed E-state index contributed by atoms with van der Waals surface area (Å²) >= 11 is 0. The third-order valence-corrected chi connectivity index (χ3v) is 3.79. The van der Waals surface area contributed by atoms with Gasteiger partial charge in [-0.05, 0) is 18.2 Å². The van der Waals surface area contributed by atoms with E-state index < -0.39 is 15.7 Å². The van der Waals surface area contributed by atoms with Crippen molar-refractivity contribution in [3.63, 3.8) is 0 Å². The van der Waals surface area contributed by atoms with Gasteiger partial charge in [-0.1, -0.05) is 19.9 Å². The van der Waals surface area contributed by atoms with Gasteiger partial charge in [-0.15, -0.1) is 0 Å². The highest BCUT2D eigenvalue weighted by molar-refractivity contribution is 7.91. The summed E-state index contributed by atoms with van der Waals surface area (Å²) in [4.78, 5) is 0.0399. The molecule has 90 valence electrons. The Hall–Kier alpha value is -0.940. The van der Waals surface area contributed by atoms with Crippen molar-refractivity contribution in [1.29, 1.82) is 0 Å². The molecule has 0 amide bonds. The van der Waals surface area contributed by atoms with Crippen LogP contribution in [-0.4, -0.2) is 26.8 Å². The fourth-order valence-electron chi connectivity index (χ4n) is 1.26. The predicted molar refractivity (Wildman–Crippen MR) is 61.6 cm³/mol. The number of nitrogens with one attached hydrogen (secondary N) is 1. The maximum Gasteiger partial charge on any atom is 0.179 e. The molecule has 0 bridgehead atoms. The number of halogens is 1. The van der Waals surface area contributed by atoms with Crippen LogP contribution in [0, 0.1) is 5.82 Å². The highest BCUT2D eigenvalue weighted by Gasteiger charge is 2.14. The van der Waals surface area contributed by atoms with Crippen molar-refractivity contribution < 1.29 is 12.8 Å². The van der Waals surface area contributed by atoms with Crippen LogP contribution in [0.1, 0.15) is 13.8 Å². The SMILES string of the molecule is CC(C)NCCS(=O)(=O)c1cccc(F)c1. The van der Waals surface area contributed by atoms with E-state index in [2.05, 4.69) is 5.32 Å². The minimum atomic E-state index is -3.38. The molecule has 0 aromatic heterocycles. The second-order valence-electron chi connectivity index (χ2n) is 3.89. The molecule has 1 rings (SSSR count). The van der Waals surface area contributed by atoms with Gasteiger partial charge in [0.1, 0.15) is 5.82 Å². The molecular weight excluding hydrogens is 229 g/mol. The van der Waals surface area contributed by atoms with Crippen molar-refractivity contribution in [2.75, 3.05) is 12.3 Å². The highest BCUT2D eigenvalue weighted by Crippen LogP contribution is 2.11. The van der Waals surface area contributed by atoms with Crippen LogP contribution in [-0.2, 0) is 9.84 Å². The third-order valence-electron chi connectivity index (χ3n) is 2.08. The third kappa shape index (κ3) is 3.90. The topological polar surface area (TPSA) is 46.2 Å². The molecule has 0 spiro atoms. The van der Waals surface area contributed by atoms with Crippen molar-refractivity contribution >= 4 is 9.84 Å². The first-order valence-corrected chi connectivity index (χ1v) is 6.79. The van der Waals surface area contributed by atoms with Crippen molar-refractivity contribution in [1.82, 2.24) is 5.32 Å². The maximum atomic E-state index is 12.9. The number of hydrogen-bond donors (Lipinski definition) is 1. The maximum absolute atomic E-state index is 12.9. The summed E-state index contributed by atoms with van der Waals surface area (Å²) in [6.45, 7) is 4.25. The van der Waals surface area contributed by atoms with Crippen LogP contribution in [0.4, 0.5) is 4.39 Å². The molecule has 0 aliphatic heterocycles. The van der Waals surface area contributed by atoms with E-state index in [4.69, 9.17) is 0 Å². The van der Waals surface area contributed by atoms with E-state index >= 15 is 0 Å². The average molecular weight is 245 g/mol. The zero-order valence-electron chi connectivity index (χ0n) is 9.40. The van der Waals surface area contributed by atoms with Gasteiger partial charge in [-0.25, -0.2) is 12.8 Å². The monoisotopic (exact) mass is 245 g/mol. The molecule has 0 aliphatic carbocycles. The Labute approximate surface area is 95.6 Å². The summed E-state index contributed by atoms with van der Waals surface area (Å²) in [7, 11) is -3.38. The van der Waals surface area contributed by atoms with Crippen LogP contribution in [0.25, 0.3) is 0 Å². The lowest BCUT2D eigenvalue weighted by atomic mass is 10.4. The first-order chi connectivity index (χ1) is 7.42. The highest BCUT2D eigenvalue weighted by atomic mass is 32.2. The normalized spacial score (nSPS) is 12.0. The van der Waals surface area contributed by atoms with Crippen LogP contribution < -0.4 is 5.32 Å². The van der Waals surface area contributed by atoms with Gasteiger partial charge in [0.2, 0.25) is 0 Å². The summed E-state index contributed by atoms with van der Waals surface area (Å²) in [5, 5.41) is 3.01. The second kappa shape index (κ2) is 5.41. The molecule has 0 saturated heterocycles. The minimum Gasteiger partial charge on any atom is -0.314 e. The lowest BCUT2D eigenvalue weighted by Crippen LogP contribution is -2.28. The average Bonchev–Trinajstić information content (AvgIpc) is 2.16. The predicted octanol–water partition coefficient (Wildman–Crippen LogP) is 1.60. The van der Waals surface area contributed by atoms with E-state index in [9.17, 15) is 12.8 Å². The fourth-order valence-corrected chi connectivity index (χ4v) is 2.46. The summed E-state index contributed by atoms with van der Waals surface area (Å²) < 4.78 is 36.4. The van der Waals surface area contributed by atoms with Crippen molar-refractivity contribution in [3.8, 4) is 0 Å². The molecule has 16 heavy (non-hydrogen) atoms. The van der Waals surface area contributed by atoms with E-state index in [-0.39, 0.29) is 16.7 Å². The Morgan fingerprint density at radius 1 is 1.38 bits per heavy atom. The number of hydrogen-bond acceptors (Lipinski definition) is 3. The first-order valence-electron chi connectivity index (χ1n) is 5.13. The zero-order valence-corrected chi connectivity index (χ0v) is 10.2. The molecule has 0 aliphatic rings. The molecule has 0 fully saturated rings. The minimum absolute atomic E-state index is 0.0192. The molecule has 0 radical (unpaired) electrons. The van der Waals surface area contributed by atoms with Crippen molar-refractivity contribution in [2.24, 2.45) is 0 Å². The Kier molecular flexibility index (Phi) is 4.44. The van der Waals surface area contributed by atoms with Crippen LogP contribution >= 0.6 is 0 Å². The Morgan fingerprint density at radius 3 is 2.62 bits per heavy atom. The van der Waals surface area contributed by atoms with E-state index in [1.54, 1.807) is 0 Å². The second-order valence-corrected chi connectivity index (χ2v) is 5.99. The van der Waals surface area contributed by atoms with Crippen LogP contribution in [0.3, 0.4) is 0 Å². The van der Waals surface area contributed by atoms with Gasteiger partial charge < -0.3 is 5.32 Å². The van der Waals surface area contributed by atoms with Gasteiger partial charge in [0.05, 0.1) is 10.6 Å².